The molecule has 88 valence electrons. The van der Waals surface area contributed by atoms with Crippen molar-refractivity contribution in [1.29, 1.82) is 0 Å². The Hall–Kier alpha value is -1.08. The summed E-state index contributed by atoms with van der Waals surface area (Å²) < 4.78 is 0. The molecule has 1 nitrogen and oxygen atoms in total. The molecule has 1 unspecified atom stereocenters. The lowest BCUT2D eigenvalue weighted by Gasteiger charge is -2.21. The van der Waals surface area contributed by atoms with Gasteiger partial charge in [-0.05, 0) is 36.3 Å². The van der Waals surface area contributed by atoms with Crippen LogP contribution in [0.2, 0.25) is 0 Å². The Labute approximate surface area is 99.4 Å². The van der Waals surface area contributed by atoms with Crippen LogP contribution < -0.4 is 5.73 Å². The molecule has 0 bridgehead atoms. The monoisotopic (exact) mass is 217 g/mol. The van der Waals surface area contributed by atoms with Crippen molar-refractivity contribution in [3.63, 3.8) is 0 Å². The van der Waals surface area contributed by atoms with E-state index >= 15 is 0 Å². The Morgan fingerprint density at radius 1 is 1.19 bits per heavy atom. The van der Waals surface area contributed by atoms with E-state index in [1.165, 1.54) is 16.7 Å². The first-order chi connectivity index (χ1) is 7.54. The summed E-state index contributed by atoms with van der Waals surface area (Å²) in [6.07, 6.45) is 1.08. The molecule has 16 heavy (non-hydrogen) atoms. The van der Waals surface area contributed by atoms with Crippen LogP contribution in [0.3, 0.4) is 0 Å². The van der Waals surface area contributed by atoms with Gasteiger partial charge in [-0.3, -0.25) is 0 Å². The zero-order chi connectivity index (χ0) is 12.1. The van der Waals surface area contributed by atoms with Gasteiger partial charge in [0.15, 0.2) is 0 Å². The van der Waals surface area contributed by atoms with Crippen LogP contribution in [0.15, 0.2) is 36.4 Å². The molecule has 1 heteroatoms. The summed E-state index contributed by atoms with van der Waals surface area (Å²) in [7, 11) is 0. The molecule has 0 radical (unpaired) electrons. The molecule has 1 aromatic carbocycles. The minimum absolute atomic E-state index is 0.573. The average molecular weight is 217 g/mol. The maximum atomic E-state index is 5.58. The summed E-state index contributed by atoms with van der Waals surface area (Å²) in [5.74, 6) is 1.22. The van der Waals surface area contributed by atoms with Crippen LogP contribution in [-0.2, 0) is 13.0 Å². The van der Waals surface area contributed by atoms with E-state index in [2.05, 4.69) is 51.6 Å². The van der Waals surface area contributed by atoms with E-state index in [4.69, 9.17) is 5.73 Å². The van der Waals surface area contributed by atoms with Crippen molar-refractivity contribution in [2.45, 2.75) is 33.7 Å². The Kier molecular flexibility index (Phi) is 4.75. The van der Waals surface area contributed by atoms with E-state index in [-0.39, 0.29) is 0 Å². The van der Waals surface area contributed by atoms with E-state index in [1.54, 1.807) is 0 Å². The molecule has 0 aliphatic heterocycles. The summed E-state index contributed by atoms with van der Waals surface area (Å²) in [6, 6.07) is 8.59. The second kappa shape index (κ2) is 5.86. The van der Waals surface area contributed by atoms with Gasteiger partial charge < -0.3 is 5.73 Å². The standard InChI is InChI=1S/C15H23N/c1-11(2)15(12(3)4)9-13-5-7-14(10-16)8-6-13/h5-8,12,15H,1,9-10,16H2,2-4H3. The number of hydrogen-bond donors (Lipinski definition) is 1. The first-order valence-electron chi connectivity index (χ1n) is 5.98. The van der Waals surface area contributed by atoms with Gasteiger partial charge in [0, 0.05) is 6.54 Å². The van der Waals surface area contributed by atoms with E-state index in [9.17, 15) is 0 Å². The molecule has 0 heterocycles. The number of rotatable bonds is 5. The maximum absolute atomic E-state index is 5.58. The predicted octanol–water partition coefficient (Wildman–Crippen LogP) is 3.54. The Morgan fingerprint density at radius 3 is 2.06 bits per heavy atom. The summed E-state index contributed by atoms with van der Waals surface area (Å²) >= 11 is 0. The van der Waals surface area contributed by atoms with E-state index in [1.807, 2.05) is 0 Å². The number of allylic oxidation sites excluding steroid dienone is 1. The van der Waals surface area contributed by atoms with E-state index in [0.717, 1.165) is 6.42 Å². The van der Waals surface area contributed by atoms with Gasteiger partial charge >= 0.3 is 0 Å². The fourth-order valence-electron chi connectivity index (χ4n) is 2.04. The Bertz CT molecular complexity index is 335. The van der Waals surface area contributed by atoms with E-state index in [0.29, 0.717) is 18.4 Å². The van der Waals surface area contributed by atoms with Crippen molar-refractivity contribution >= 4 is 0 Å². The first-order valence-corrected chi connectivity index (χ1v) is 5.98. The van der Waals surface area contributed by atoms with Gasteiger partial charge in [-0.15, -0.1) is 0 Å². The normalized spacial score (nSPS) is 12.8. The minimum Gasteiger partial charge on any atom is -0.326 e. The fraction of sp³-hybridized carbons (Fsp3) is 0.467. The Morgan fingerprint density at radius 2 is 1.69 bits per heavy atom. The second-order valence-corrected chi connectivity index (χ2v) is 4.92. The molecule has 0 saturated heterocycles. The molecule has 0 aliphatic carbocycles. The lowest BCUT2D eigenvalue weighted by Crippen LogP contribution is -2.13. The van der Waals surface area contributed by atoms with Crippen LogP contribution in [-0.4, -0.2) is 0 Å². The van der Waals surface area contributed by atoms with Gasteiger partial charge in [0.1, 0.15) is 0 Å². The van der Waals surface area contributed by atoms with E-state index < -0.39 is 0 Å². The molecular formula is C15H23N. The quantitative estimate of drug-likeness (QED) is 0.750. The fourth-order valence-corrected chi connectivity index (χ4v) is 2.04. The third-order valence-corrected chi connectivity index (χ3v) is 3.15. The van der Waals surface area contributed by atoms with Gasteiger partial charge in [0.05, 0.1) is 0 Å². The topological polar surface area (TPSA) is 26.0 Å². The van der Waals surface area contributed by atoms with Crippen molar-refractivity contribution < 1.29 is 0 Å². The molecule has 0 amide bonds. The number of nitrogens with two attached hydrogens (primary N) is 1. The number of hydrogen-bond acceptors (Lipinski definition) is 1. The lowest BCUT2D eigenvalue weighted by molar-refractivity contribution is 0.441. The molecule has 0 aliphatic rings. The van der Waals surface area contributed by atoms with Crippen LogP contribution in [0, 0.1) is 11.8 Å². The number of benzene rings is 1. The summed E-state index contributed by atoms with van der Waals surface area (Å²) in [5, 5.41) is 0. The highest BCUT2D eigenvalue weighted by Crippen LogP contribution is 2.23. The molecule has 1 atom stereocenters. The zero-order valence-electron chi connectivity index (χ0n) is 10.7. The van der Waals surface area contributed by atoms with Crippen molar-refractivity contribution in [1.82, 2.24) is 0 Å². The average Bonchev–Trinajstić information content (AvgIpc) is 2.25. The second-order valence-electron chi connectivity index (χ2n) is 4.92. The smallest absolute Gasteiger partial charge is 0.0178 e. The van der Waals surface area contributed by atoms with Gasteiger partial charge in [0.2, 0.25) is 0 Å². The Balaban J connectivity index is 2.74. The summed E-state index contributed by atoms with van der Waals surface area (Å²) in [4.78, 5) is 0. The van der Waals surface area contributed by atoms with Gasteiger partial charge in [-0.1, -0.05) is 50.3 Å². The van der Waals surface area contributed by atoms with Gasteiger partial charge in [0.25, 0.3) is 0 Å². The van der Waals surface area contributed by atoms with Crippen molar-refractivity contribution in [2.75, 3.05) is 0 Å². The zero-order valence-corrected chi connectivity index (χ0v) is 10.7. The van der Waals surface area contributed by atoms with Crippen LogP contribution in [0.1, 0.15) is 31.9 Å². The highest BCUT2D eigenvalue weighted by atomic mass is 14.5. The molecule has 0 saturated carbocycles. The molecule has 1 aromatic rings. The largest absolute Gasteiger partial charge is 0.326 e. The van der Waals surface area contributed by atoms with Crippen molar-refractivity contribution in [3.05, 3.63) is 47.5 Å². The predicted molar refractivity (Wildman–Crippen MR) is 71.2 cm³/mol. The third-order valence-electron chi connectivity index (χ3n) is 3.15. The summed E-state index contributed by atoms with van der Waals surface area (Å²) in [6.45, 7) is 11.3. The summed E-state index contributed by atoms with van der Waals surface area (Å²) in [5.41, 5.74) is 9.43. The SMILES string of the molecule is C=C(C)C(Cc1ccc(CN)cc1)C(C)C. The maximum Gasteiger partial charge on any atom is 0.0178 e. The van der Waals surface area contributed by atoms with Gasteiger partial charge in [-0.2, -0.15) is 0 Å². The van der Waals surface area contributed by atoms with Crippen molar-refractivity contribution in [3.8, 4) is 0 Å². The molecule has 0 spiro atoms. The van der Waals surface area contributed by atoms with Crippen LogP contribution in [0.4, 0.5) is 0 Å². The van der Waals surface area contributed by atoms with Crippen LogP contribution in [0.5, 0.6) is 0 Å². The van der Waals surface area contributed by atoms with Gasteiger partial charge in [-0.25, -0.2) is 0 Å². The molecule has 0 aromatic heterocycles. The molecular weight excluding hydrogens is 194 g/mol. The van der Waals surface area contributed by atoms with Crippen LogP contribution in [0.25, 0.3) is 0 Å². The van der Waals surface area contributed by atoms with Crippen molar-refractivity contribution in [2.24, 2.45) is 17.6 Å². The lowest BCUT2D eigenvalue weighted by atomic mass is 9.84. The third kappa shape index (κ3) is 3.49. The highest BCUT2D eigenvalue weighted by molar-refractivity contribution is 5.23. The highest BCUT2D eigenvalue weighted by Gasteiger charge is 2.14. The molecule has 0 fully saturated rings. The first kappa shape index (κ1) is 13.0. The molecule has 2 N–H and O–H groups in total. The minimum atomic E-state index is 0.573. The van der Waals surface area contributed by atoms with Crippen LogP contribution >= 0.6 is 0 Å². The molecule has 1 rings (SSSR count).